The van der Waals surface area contributed by atoms with Crippen molar-refractivity contribution in [1.29, 1.82) is 5.53 Å². The third-order valence-corrected chi connectivity index (χ3v) is 12.8. The van der Waals surface area contributed by atoms with Gasteiger partial charge in [-0.15, -0.1) is 0 Å². The summed E-state index contributed by atoms with van der Waals surface area (Å²) in [6.45, 7) is 6.79. The van der Waals surface area contributed by atoms with E-state index in [4.69, 9.17) is 5.53 Å². The second-order valence-corrected chi connectivity index (χ2v) is 16.0. The smallest absolute Gasteiger partial charge is 0.129 e. The minimum Gasteiger partial charge on any atom is -0.209 e. The highest BCUT2D eigenvalue weighted by Crippen LogP contribution is 2.54. The molecule has 0 spiro atoms. The normalized spacial score (nSPS) is 16.2. The Bertz CT molecular complexity index is 3110. The number of rotatable bonds is 4. The first kappa shape index (κ1) is 31.8. The van der Waals surface area contributed by atoms with E-state index in [1.165, 1.54) is 88.0 Å². The van der Waals surface area contributed by atoms with Crippen LogP contribution in [0.3, 0.4) is 0 Å². The van der Waals surface area contributed by atoms with Crippen LogP contribution in [-0.2, 0) is 11.0 Å². The van der Waals surface area contributed by atoms with Gasteiger partial charge in [0.2, 0.25) is 0 Å². The van der Waals surface area contributed by atoms with E-state index in [0.29, 0.717) is 0 Å². The Balaban J connectivity index is 1.21. The zero-order valence-electron chi connectivity index (χ0n) is 31.1. The van der Waals surface area contributed by atoms with Gasteiger partial charge in [0.05, 0.1) is 0 Å². The van der Waals surface area contributed by atoms with E-state index < -0.39 is 5.54 Å². The maximum absolute atomic E-state index is 8.27. The average molecular weight is 703 g/mol. The molecule has 2 heteroatoms. The zero-order valence-corrected chi connectivity index (χ0v) is 31.1. The van der Waals surface area contributed by atoms with E-state index in [-0.39, 0.29) is 5.41 Å². The van der Waals surface area contributed by atoms with E-state index >= 15 is 0 Å². The quantitative estimate of drug-likeness (QED) is 0.140. The summed E-state index contributed by atoms with van der Waals surface area (Å²) in [4.78, 5) is 0. The van der Waals surface area contributed by atoms with Crippen LogP contribution in [0.4, 0.5) is 0 Å². The minimum absolute atomic E-state index is 0.107. The van der Waals surface area contributed by atoms with Gasteiger partial charge in [0, 0.05) is 5.41 Å². The summed E-state index contributed by atoms with van der Waals surface area (Å²) in [5.74, 6) is 0. The predicted molar refractivity (Wildman–Crippen MR) is 230 cm³/mol. The second kappa shape index (κ2) is 11.4. The Morgan fingerprint density at radius 3 is 1.67 bits per heavy atom. The van der Waals surface area contributed by atoms with Gasteiger partial charge in [0.25, 0.3) is 0 Å². The fourth-order valence-electron chi connectivity index (χ4n) is 9.96. The number of nitrogens with zero attached hydrogens (tertiary/aromatic N) is 1. The van der Waals surface area contributed by atoms with Crippen molar-refractivity contribution in [1.82, 2.24) is 0 Å². The highest BCUT2D eigenvalue weighted by molar-refractivity contribution is 6.22. The summed E-state index contributed by atoms with van der Waals surface area (Å²) < 4.78 is 0. The summed E-state index contributed by atoms with van der Waals surface area (Å²) in [5.41, 5.74) is 24.7. The van der Waals surface area contributed by atoms with E-state index in [2.05, 4.69) is 196 Å². The first-order valence-electron chi connectivity index (χ1n) is 19.2. The third kappa shape index (κ3) is 4.43. The molecule has 0 aromatic heterocycles. The molecule has 0 saturated heterocycles. The maximum atomic E-state index is 8.27. The van der Waals surface area contributed by atoms with Crippen molar-refractivity contribution in [2.75, 3.05) is 0 Å². The average Bonchev–Trinajstić information content (AvgIpc) is 3.62. The molecule has 2 aliphatic rings. The molecule has 55 heavy (non-hydrogen) atoms. The van der Waals surface area contributed by atoms with Crippen LogP contribution in [0.15, 0.2) is 175 Å². The molecule has 0 amide bonds. The van der Waals surface area contributed by atoms with Crippen molar-refractivity contribution < 1.29 is 0 Å². The van der Waals surface area contributed by atoms with Crippen LogP contribution >= 0.6 is 0 Å². The Labute approximate surface area is 321 Å². The fraction of sp³-hybridized carbons (Fsp3) is 0.0943. The molecule has 9 aromatic rings. The molecule has 1 atom stereocenters. The molecular weight excluding hydrogens is 665 g/mol. The first-order valence-corrected chi connectivity index (χ1v) is 19.2. The van der Waals surface area contributed by atoms with Crippen LogP contribution < -0.4 is 0 Å². The Morgan fingerprint density at radius 2 is 0.891 bits per heavy atom. The van der Waals surface area contributed by atoms with Gasteiger partial charge < -0.3 is 0 Å². The van der Waals surface area contributed by atoms with E-state index in [0.717, 1.165) is 22.3 Å². The van der Waals surface area contributed by atoms with Crippen molar-refractivity contribution in [3.8, 4) is 55.6 Å². The molecule has 0 heterocycles. The molecule has 0 fully saturated rings. The fourth-order valence-corrected chi connectivity index (χ4v) is 9.96. The molecule has 2 nitrogen and oxygen atoms in total. The van der Waals surface area contributed by atoms with Gasteiger partial charge in [0.1, 0.15) is 5.54 Å². The first-order chi connectivity index (χ1) is 26.8. The lowest BCUT2D eigenvalue weighted by Gasteiger charge is -2.23. The Morgan fingerprint density at radius 1 is 0.364 bits per heavy atom. The van der Waals surface area contributed by atoms with Crippen molar-refractivity contribution in [3.63, 3.8) is 0 Å². The van der Waals surface area contributed by atoms with Crippen LogP contribution in [-0.4, -0.2) is 0 Å². The van der Waals surface area contributed by atoms with Crippen LogP contribution in [0.5, 0.6) is 0 Å². The predicted octanol–water partition coefficient (Wildman–Crippen LogP) is 14.7. The molecule has 9 aromatic carbocycles. The number of fused-ring (bicyclic) bond motifs is 9. The van der Waals surface area contributed by atoms with Gasteiger partial charge in [-0.25, -0.2) is 5.53 Å². The molecule has 1 unspecified atom stereocenters. The van der Waals surface area contributed by atoms with E-state index in [9.17, 15) is 0 Å². The molecule has 1 N–H and O–H groups in total. The van der Waals surface area contributed by atoms with Crippen LogP contribution in [0, 0.1) is 5.53 Å². The Kier molecular flexibility index (Phi) is 6.62. The lowest BCUT2D eigenvalue weighted by atomic mass is 9.80. The van der Waals surface area contributed by atoms with Gasteiger partial charge >= 0.3 is 0 Å². The second-order valence-electron chi connectivity index (χ2n) is 16.0. The van der Waals surface area contributed by atoms with Gasteiger partial charge in [0.15, 0.2) is 0 Å². The molecule has 0 radical (unpaired) electrons. The van der Waals surface area contributed by atoms with Crippen molar-refractivity contribution >= 4 is 32.3 Å². The summed E-state index contributed by atoms with van der Waals surface area (Å²) >= 11 is 0. The molecule has 0 bridgehead atoms. The summed E-state index contributed by atoms with van der Waals surface area (Å²) in [7, 11) is 0. The van der Waals surface area contributed by atoms with E-state index in [1.807, 2.05) is 0 Å². The van der Waals surface area contributed by atoms with Gasteiger partial charge in [-0.2, -0.15) is 5.11 Å². The van der Waals surface area contributed by atoms with Crippen molar-refractivity contribution in [3.05, 3.63) is 192 Å². The summed E-state index contributed by atoms with van der Waals surface area (Å²) in [6.07, 6.45) is 0. The highest BCUT2D eigenvalue weighted by atomic mass is 15.0. The highest BCUT2D eigenvalue weighted by Gasteiger charge is 2.40. The molecule has 2 aliphatic carbocycles. The standard InChI is InChI=1S/C53H38N2/c1-52(2)46-18-10-8-14-38(46)40-25-23-37(31-49(40)52)51-42-17-7-6-16-41(42)50(36-24-27-48-44(30-36)39-15-9-11-19-47(39)53(48,3)55-54)43-26-22-35(29-45(43)51)34-21-20-32-12-4-5-13-33(32)28-34/h4-31,54H,1-3H3. The monoisotopic (exact) mass is 702 g/mol. The lowest BCUT2D eigenvalue weighted by molar-refractivity contribution is 0.569. The van der Waals surface area contributed by atoms with Gasteiger partial charge in [-0.1, -0.05) is 159 Å². The number of hydrogen-bond donors (Lipinski definition) is 1. The largest absolute Gasteiger partial charge is 0.209 e. The molecule has 0 aliphatic heterocycles. The third-order valence-electron chi connectivity index (χ3n) is 12.8. The van der Waals surface area contributed by atoms with Crippen LogP contribution in [0.25, 0.3) is 88.0 Å². The molecule has 0 saturated carbocycles. The minimum atomic E-state index is -0.700. The SMILES string of the molecule is CC1(C)c2ccccc2-c2ccc(-c3c4ccccc4c(-c4ccc5c(c4)-c4ccccc4C5(C)N=N)c4ccc(-c5ccc6ccccc6c5)cc34)cc21. The maximum Gasteiger partial charge on any atom is 0.129 e. The number of nitrogens with one attached hydrogen (secondary N) is 1. The lowest BCUT2D eigenvalue weighted by Crippen LogP contribution is -2.16. The number of hydrogen-bond acceptors (Lipinski definition) is 2. The Hall–Kier alpha value is -6.64. The van der Waals surface area contributed by atoms with Crippen molar-refractivity contribution in [2.45, 2.75) is 31.7 Å². The zero-order chi connectivity index (χ0) is 37.1. The van der Waals surface area contributed by atoms with Crippen LogP contribution in [0.2, 0.25) is 0 Å². The number of benzene rings is 9. The molecule has 11 rings (SSSR count). The topological polar surface area (TPSA) is 36.2 Å². The molecule has 260 valence electrons. The van der Waals surface area contributed by atoms with Crippen LogP contribution in [0.1, 0.15) is 43.0 Å². The van der Waals surface area contributed by atoms with Crippen molar-refractivity contribution in [2.24, 2.45) is 5.11 Å². The molecular formula is C53H38N2. The summed E-state index contributed by atoms with van der Waals surface area (Å²) in [5, 5.41) is 11.6. The van der Waals surface area contributed by atoms with Gasteiger partial charge in [-0.05, 0) is 141 Å². The van der Waals surface area contributed by atoms with Gasteiger partial charge in [-0.3, -0.25) is 0 Å². The van der Waals surface area contributed by atoms with E-state index in [1.54, 1.807) is 0 Å². The summed E-state index contributed by atoms with van der Waals surface area (Å²) in [6, 6.07) is 62.8.